The number of nitrogens with zero attached hydrogens (tertiary/aromatic N) is 4. The maximum absolute atomic E-state index is 12.4. The van der Waals surface area contributed by atoms with Crippen molar-refractivity contribution in [2.75, 3.05) is 0 Å². The van der Waals surface area contributed by atoms with Gasteiger partial charge in [-0.1, -0.05) is 19.1 Å². The third-order valence-electron chi connectivity index (χ3n) is 2.72. The van der Waals surface area contributed by atoms with E-state index >= 15 is 0 Å². The Hall–Kier alpha value is -1.85. The first-order chi connectivity index (χ1) is 9.90. The first-order valence-corrected chi connectivity index (χ1v) is 7.87. The van der Waals surface area contributed by atoms with Crippen LogP contribution in [0.4, 0.5) is 0 Å². The van der Waals surface area contributed by atoms with Crippen LogP contribution < -0.4 is 10.0 Å². The number of tetrazole rings is 1. The van der Waals surface area contributed by atoms with Crippen molar-refractivity contribution in [2.24, 2.45) is 0 Å². The van der Waals surface area contributed by atoms with E-state index in [9.17, 15) is 8.42 Å². The normalized spacial score (nSPS) is 12.2. The molecule has 2 heterocycles. The van der Waals surface area contributed by atoms with Crippen molar-refractivity contribution in [3.05, 3.63) is 17.2 Å². The molecule has 0 aromatic carbocycles. The van der Waals surface area contributed by atoms with E-state index < -0.39 is 10.0 Å². The van der Waals surface area contributed by atoms with E-state index in [0.29, 0.717) is 17.9 Å². The monoisotopic (exact) mass is 314 g/mol. The van der Waals surface area contributed by atoms with Gasteiger partial charge in [-0.3, -0.25) is 5.10 Å². The summed E-state index contributed by atoms with van der Waals surface area (Å²) < 4.78 is 27.2. The van der Waals surface area contributed by atoms with E-state index in [0.717, 1.165) is 0 Å². The lowest BCUT2D eigenvalue weighted by Gasteiger charge is -2.09. The third-order valence-corrected chi connectivity index (χ3v) is 4.32. The summed E-state index contributed by atoms with van der Waals surface area (Å²) in [5.41, 5.74) is 0.929. The molecule has 0 amide bonds. The Kier molecular flexibility index (Phi) is 4.65. The van der Waals surface area contributed by atoms with Gasteiger partial charge in [-0.05, 0) is 6.92 Å². The SMILES string of the molecule is Cc1[nH]nc(CNC(C)C)c1S(=O)(=O)NCc1nn[nH]n1. The van der Waals surface area contributed by atoms with Gasteiger partial charge in [0.25, 0.3) is 0 Å². The first kappa shape index (κ1) is 15.5. The number of nitrogens with one attached hydrogen (secondary N) is 4. The van der Waals surface area contributed by atoms with Crippen LogP contribution in [0.25, 0.3) is 0 Å². The topological polar surface area (TPSA) is 141 Å². The summed E-state index contributed by atoms with van der Waals surface area (Å²) in [6.07, 6.45) is 0. The molecule has 0 atom stereocenters. The van der Waals surface area contributed by atoms with Gasteiger partial charge < -0.3 is 5.32 Å². The Morgan fingerprint density at radius 1 is 1.24 bits per heavy atom. The van der Waals surface area contributed by atoms with E-state index in [1.807, 2.05) is 13.8 Å². The minimum absolute atomic E-state index is 0.0412. The maximum atomic E-state index is 12.4. The van der Waals surface area contributed by atoms with E-state index in [1.54, 1.807) is 6.92 Å². The number of aromatic nitrogens is 6. The van der Waals surface area contributed by atoms with Crippen molar-refractivity contribution < 1.29 is 8.42 Å². The molecular weight excluding hydrogens is 296 g/mol. The molecule has 0 fully saturated rings. The molecule has 0 saturated heterocycles. The van der Waals surface area contributed by atoms with Gasteiger partial charge in [0, 0.05) is 12.6 Å². The van der Waals surface area contributed by atoms with Crippen molar-refractivity contribution in [1.29, 1.82) is 0 Å². The highest BCUT2D eigenvalue weighted by molar-refractivity contribution is 7.89. The Labute approximate surface area is 122 Å². The Bertz CT molecular complexity index is 676. The summed E-state index contributed by atoms with van der Waals surface area (Å²) in [7, 11) is -3.71. The van der Waals surface area contributed by atoms with Crippen LogP contribution >= 0.6 is 0 Å². The lowest BCUT2D eigenvalue weighted by Crippen LogP contribution is -2.27. The molecule has 2 rings (SSSR count). The molecule has 10 nitrogen and oxygen atoms in total. The summed E-state index contributed by atoms with van der Waals surface area (Å²) in [6, 6.07) is 0.227. The number of hydrogen-bond donors (Lipinski definition) is 4. The predicted molar refractivity (Wildman–Crippen MR) is 73.5 cm³/mol. The highest BCUT2D eigenvalue weighted by Crippen LogP contribution is 2.17. The van der Waals surface area contributed by atoms with Crippen LogP contribution in [0, 0.1) is 6.92 Å². The van der Waals surface area contributed by atoms with Gasteiger partial charge in [-0.2, -0.15) is 10.3 Å². The highest BCUT2D eigenvalue weighted by Gasteiger charge is 2.24. The summed E-state index contributed by atoms with van der Waals surface area (Å²) in [5.74, 6) is 0.265. The van der Waals surface area contributed by atoms with Gasteiger partial charge in [0.05, 0.1) is 17.9 Å². The molecule has 0 aliphatic carbocycles. The van der Waals surface area contributed by atoms with Gasteiger partial charge in [0.1, 0.15) is 4.90 Å². The van der Waals surface area contributed by atoms with Crippen LogP contribution in [0.2, 0.25) is 0 Å². The molecule has 0 radical (unpaired) electrons. The zero-order chi connectivity index (χ0) is 15.5. The van der Waals surface area contributed by atoms with E-state index in [4.69, 9.17) is 0 Å². The molecule has 0 saturated carbocycles. The third kappa shape index (κ3) is 3.83. The van der Waals surface area contributed by atoms with Crippen molar-refractivity contribution in [3.63, 3.8) is 0 Å². The van der Waals surface area contributed by atoms with Gasteiger partial charge in [0.15, 0.2) is 5.82 Å². The Balaban J connectivity index is 2.16. The van der Waals surface area contributed by atoms with Crippen LogP contribution in [0.15, 0.2) is 4.90 Å². The van der Waals surface area contributed by atoms with Crippen LogP contribution in [0.5, 0.6) is 0 Å². The molecule has 0 spiro atoms. The average molecular weight is 314 g/mol. The largest absolute Gasteiger partial charge is 0.309 e. The number of sulfonamides is 1. The molecule has 0 bridgehead atoms. The molecule has 116 valence electrons. The van der Waals surface area contributed by atoms with E-state index in [-0.39, 0.29) is 23.3 Å². The van der Waals surface area contributed by atoms with Gasteiger partial charge in [-0.15, -0.1) is 10.2 Å². The molecule has 2 aromatic heterocycles. The number of aryl methyl sites for hydroxylation is 1. The van der Waals surface area contributed by atoms with Gasteiger partial charge >= 0.3 is 0 Å². The first-order valence-electron chi connectivity index (χ1n) is 6.39. The zero-order valence-corrected chi connectivity index (χ0v) is 12.8. The van der Waals surface area contributed by atoms with Crippen LogP contribution in [0.3, 0.4) is 0 Å². The summed E-state index contributed by atoms with van der Waals surface area (Å²) in [6.45, 7) is 5.93. The molecule has 11 heteroatoms. The van der Waals surface area contributed by atoms with Crippen molar-refractivity contribution in [1.82, 2.24) is 40.9 Å². The molecule has 0 aliphatic rings. The number of hydrogen-bond acceptors (Lipinski definition) is 7. The second kappa shape index (κ2) is 6.28. The quantitative estimate of drug-likeness (QED) is 0.524. The second-order valence-electron chi connectivity index (χ2n) is 4.81. The molecule has 4 N–H and O–H groups in total. The predicted octanol–water partition coefficient (Wildman–Crippen LogP) is -0.792. The van der Waals surface area contributed by atoms with Crippen LogP contribution in [0.1, 0.15) is 31.1 Å². The maximum Gasteiger partial charge on any atom is 0.244 e. The Morgan fingerprint density at radius 3 is 2.62 bits per heavy atom. The van der Waals surface area contributed by atoms with E-state index in [1.165, 1.54) is 0 Å². The molecule has 2 aromatic rings. The minimum Gasteiger partial charge on any atom is -0.309 e. The number of H-pyrrole nitrogens is 2. The lowest BCUT2D eigenvalue weighted by molar-refractivity contribution is 0.562. The molecule has 0 aliphatic heterocycles. The van der Waals surface area contributed by atoms with Gasteiger partial charge in [-0.25, -0.2) is 13.1 Å². The fraction of sp³-hybridized carbons (Fsp3) is 0.600. The van der Waals surface area contributed by atoms with Crippen molar-refractivity contribution in [3.8, 4) is 0 Å². The minimum atomic E-state index is -3.71. The van der Waals surface area contributed by atoms with Crippen molar-refractivity contribution in [2.45, 2.75) is 44.8 Å². The van der Waals surface area contributed by atoms with E-state index in [2.05, 4.69) is 40.9 Å². The molecule has 21 heavy (non-hydrogen) atoms. The number of aromatic amines is 2. The lowest BCUT2D eigenvalue weighted by atomic mass is 10.3. The zero-order valence-electron chi connectivity index (χ0n) is 12.0. The smallest absolute Gasteiger partial charge is 0.244 e. The molecule has 0 unspecified atom stereocenters. The summed E-state index contributed by atoms with van der Waals surface area (Å²) >= 11 is 0. The van der Waals surface area contributed by atoms with Gasteiger partial charge in [0.2, 0.25) is 10.0 Å². The summed E-state index contributed by atoms with van der Waals surface area (Å²) in [5, 5.41) is 22.9. The molecular formula is C10H18N8O2S. The fourth-order valence-corrected chi connectivity index (χ4v) is 3.08. The summed E-state index contributed by atoms with van der Waals surface area (Å²) in [4.78, 5) is 0.152. The standard InChI is InChI=1S/C10H18N8O2S/c1-6(2)11-4-8-10(7(3)13-14-8)21(19,20)12-5-9-15-17-18-16-9/h6,11-12H,4-5H2,1-3H3,(H,13,14)(H,15,16,17,18). The highest BCUT2D eigenvalue weighted by atomic mass is 32.2. The van der Waals surface area contributed by atoms with Crippen LogP contribution in [-0.2, 0) is 23.1 Å². The number of rotatable bonds is 7. The Morgan fingerprint density at radius 2 is 2.00 bits per heavy atom. The fourth-order valence-electron chi connectivity index (χ4n) is 1.74. The average Bonchev–Trinajstić information content (AvgIpc) is 3.03. The van der Waals surface area contributed by atoms with Crippen LogP contribution in [-0.4, -0.2) is 45.3 Å². The van der Waals surface area contributed by atoms with Crippen molar-refractivity contribution >= 4 is 10.0 Å². The second-order valence-corrected chi connectivity index (χ2v) is 6.52.